The van der Waals surface area contributed by atoms with Gasteiger partial charge in [0, 0.05) is 31.2 Å². The van der Waals surface area contributed by atoms with E-state index in [-0.39, 0.29) is 18.4 Å². The second-order valence-electron chi connectivity index (χ2n) is 9.81. The smallest absolute Gasteiger partial charge is 0.323 e. The van der Waals surface area contributed by atoms with E-state index in [0.29, 0.717) is 28.7 Å². The number of carbonyl (C=O) groups excluding carboxylic acids is 1. The van der Waals surface area contributed by atoms with Gasteiger partial charge in [-0.25, -0.2) is 4.79 Å². The van der Waals surface area contributed by atoms with Crippen LogP contribution in [0.15, 0.2) is 48.8 Å². The Bertz CT molecular complexity index is 1170. The summed E-state index contributed by atoms with van der Waals surface area (Å²) in [4.78, 5) is 35.1. The molecule has 3 N–H and O–H groups in total. The third kappa shape index (κ3) is 7.40. The molecule has 0 saturated carbocycles. The standard InChI is InChI=1S/C27H35N5O3/c1-17(2)15-32(16-18(3)4)25-9-6-20(19(5)12-26(33)34)13-24(25)31-27(35)30-21-7-8-22-23(14-21)29-11-10-28-22/h6-11,13-14,17-19H,12,15-16H2,1-5H3,(H,33,34)(H2,30,31,35). The van der Waals surface area contributed by atoms with E-state index in [1.165, 1.54) is 0 Å². The molecule has 0 bridgehead atoms. The van der Waals surface area contributed by atoms with Crippen LogP contribution in [0.25, 0.3) is 11.0 Å². The van der Waals surface area contributed by atoms with Gasteiger partial charge in [0.25, 0.3) is 0 Å². The molecule has 0 aliphatic carbocycles. The number of amides is 2. The number of anilines is 3. The highest BCUT2D eigenvalue weighted by Crippen LogP contribution is 2.32. The maximum atomic E-state index is 13.0. The number of carboxylic acid groups (broad SMARTS) is 1. The molecule has 1 heterocycles. The van der Waals surface area contributed by atoms with Crippen molar-refractivity contribution in [2.75, 3.05) is 28.6 Å². The van der Waals surface area contributed by atoms with Gasteiger partial charge in [0.2, 0.25) is 0 Å². The van der Waals surface area contributed by atoms with E-state index in [9.17, 15) is 14.7 Å². The fourth-order valence-electron chi connectivity index (χ4n) is 4.09. The second-order valence-corrected chi connectivity index (χ2v) is 9.81. The number of aromatic nitrogens is 2. The first-order chi connectivity index (χ1) is 16.6. The number of urea groups is 1. The Hall–Kier alpha value is -3.68. The summed E-state index contributed by atoms with van der Waals surface area (Å²) in [7, 11) is 0. The molecule has 0 saturated heterocycles. The first kappa shape index (κ1) is 25.9. The van der Waals surface area contributed by atoms with Crippen molar-refractivity contribution in [1.82, 2.24) is 9.97 Å². The lowest BCUT2D eigenvalue weighted by Gasteiger charge is -2.31. The molecule has 0 radical (unpaired) electrons. The number of aliphatic carboxylic acids is 1. The molecule has 2 amide bonds. The minimum Gasteiger partial charge on any atom is -0.481 e. The summed E-state index contributed by atoms with van der Waals surface area (Å²) in [5, 5.41) is 15.1. The number of hydrogen-bond acceptors (Lipinski definition) is 5. The zero-order valence-electron chi connectivity index (χ0n) is 21.1. The van der Waals surface area contributed by atoms with E-state index < -0.39 is 5.97 Å². The molecule has 1 unspecified atom stereocenters. The fourth-order valence-corrected chi connectivity index (χ4v) is 4.09. The molecule has 35 heavy (non-hydrogen) atoms. The van der Waals surface area contributed by atoms with Crippen molar-refractivity contribution in [3.05, 3.63) is 54.4 Å². The Labute approximate surface area is 206 Å². The van der Waals surface area contributed by atoms with E-state index in [2.05, 4.69) is 53.2 Å². The first-order valence-electron chi connectivity index (χ1n) is 12.0. The highest BCUT2D eigenvalue weighted by Gasteiger charge is 2.19. The summed E-state index contributed by atoms with van der Waals surface area (Å²) in [5.74, 6) is -0.179. The Morgan fingerprint density at radius 2 is 1.54 bits per heavy atom. The zero-order valence-corrected chi connectivity index (χ0v) is 21.1. The van der Waals surface area contributed by atoms with E-state index in [1.807, 2.05) is 31.2 Å². The maximum Gasteiger partial charge on any atom is 0.323 e. The SMILES string of the molecule is CC(C)CN(CC(C)C)c1ccc(C(C)CC(=O)O)cc1NC(=O)Nc1ccc2nccnc2c1. The predicted octanol–water partition coefficient (Wildman–Crippen LogP) is 5.97. The van der Waals surface area contributed by atoms with Crippen LogP contribution in [-0.2, 0) is 4.79 Å². The predicted molar refractivity (Wildman–Crippen MR) is 141 cm³/mol. The van der Waals surface area contributed by atoms with Crippen molar-refractivity contribution in [2.45, 2.75) is 47.0 Å². The van der Waals surface area contributed by atoms with Gasteiger partial charge in [0.05, 0.1) is 28.8 Å². The van der Waals surface area contributed by atoms with Crippen LogP contribution in [0.3, 0.4) is 0 Å². The van der Waals surface area contributed by atoms with Crippen LogP contribution in [0, 0.1) is 11.8 Å². The van der Waals surface area contributed by atoms with Crippen LogP contribution >= 0.6 is 0 Å². The highest BCUT2D eigenvalue weighted by molar-refractivity contribution is 6.02. The van der Waals surface area contributed by atoms with Gasteiger partial charge < -0.3 is 20.6 Å². The minimum atomic E-state index is -0.852. The molecule has 0 aliphatic heterocycles. The Morgan fingerprint density at radius 3 is 2.17 bits per heavy atom. The van der Waals surface area contributed by atoms with E-state index in [4.69, 9.17) is 0 Å². The summed E-state index contributed by atoms with van der Waals surface area (Å²) in [5.41, 5.74) is 4.47. The van der Waals surface area contributed by atoms with E-state index in [1.54, 1.807) is 24.5 Å². The van der Waals surface area contributed by atoms with Gasteiger partial charge in [0.15, 0.2) is 0 Å². The molecular weight excluding hydrogens is 442 g/mol. The lowest BCUT2D eigenvalue weighted by molar-refractivity contribution is -0.137. The summed E-state index contributed by atoms with van der Waals surface area (Å²) >= 11 is 0. The molecule has 0 spiro atoms. The monoisotopic (exact) mass is 477 g/mol. The number of carbonyl (C=O) groups is 2. The zero-order chi connectivity index (χ0) is 25.5. The molecule has 1 atom stereocenters. The van der Waals surface area contributed by atoms with Gasteiger partial charge in [0.1, 0.15) is 0 Å². The second kappa shape index (κ2) is 11.6. The Morgan fingerprint density at radius 1 is 0.886 bits per heavy atom. The van der Waals surface area contributed by atoms with Crippen molar-refractivity contribution < 1.29 is 14.7 Å². The molecule has 8 nitrogen and oxygen atoms in total. The number of carboxylic acids is 1. The summed E-state index contributed by atoms with van der Waals surface area (Å²) in [6.45, 7) is 12.2. The summed E-state index contributed by atoms with van der Waals surface area (Å²) in [6.07, 6.45) is 3.26. The number of nitrogens with zero attached hydrogens (tertiary/aromatic N) is 3. The molecule has 8 heteroatoms. The third-order valence-electron chi connectivity index (χ3n) is 5.56. The van der Waals surface area contributed by atoms with E-state index in [0.717, 1.165) is 29.9 Å². The van der Waals surface area contributed by atoms with Crippen molar-refractivity contribution >= 4 is 40.1 Å². The van der Waals surface area contributed by atoms with Gasteiger partial charge in [-0.05, 0) is 53.6 Å². The fraction of sp³-hybridized carbons (Fsp3) is 0.407. The van der Waals surface area contributed by atoms with Crippen LogP contribution < -0.4 is 15.5 Å². The van der Waals surface area contributed by atoms with E-state index >= 15 is 0 Å². The molecule has 0 fully saturated rings. The average Bonchev–Trinajstić information content (AvgIpc) is 2.77. The lowest BCUT2D eigenvalue weighted by atomic mass is 9.96. The maximum absolute atomic E-state index is 13.0. The normalized spacial score (nSPS) is 12.1. The largest absolute Gasteiger partial charge is 0.481 e. The Kier molecular flexibility index (Phi) is 8.63. The number of fused-ring (bicyclic) bond motifs is 1. The topological polar surface area (TPSA) is 107 Å². The molecule has 3 rings (SSSR count). The average molecular weight is 478 g/mol. The summed E-state index contributed by atoms with van der Waals surface area (Å²) in [6, 6.07) is 10.8. The summed E-state index contributed by atoms with van der Waals surface area (Å²) < 4.78 is 0. The van der Waals surface area contributed by atoms with Gasteiger partial charge in [-0.1, -0.05) is 40.7 Å². The van der Waals surface area contributed by atoms with Crippen LogP contribution in [0.1, 0.15) is 52.5 Å². The van der Waals surface area contributed by atoms with Crippen LogP contribution in [0.4, 0.5) is 21.9 Å². The van der Waals surface area contributed by atoms with Crippen molar-refractivity contribution in [1.29, 1.82) is 0 Å². The van der Waals surface area contributed by atoms with Crippen LogP contribution in [-0.4, -0.2) is 40.2 Å². The number of nitrogens with one attached hydrogen (secondary N) is 2. The molecular formula is C27H35N5O3. The number of rotatable bonds is 10. The molecule has 3 aromatic rings. The minimum absolute atomic E-state index is 0.0187. The molecule has 0 aliphatic rings. The van der Waals surface area contributed by atoms with Crippen molar-refractivity contribution in [2.24, 2.45) is 11.8 Å². The van der Waals surface area contributed by atoms with Gasteiger partial charge >= 0.3 is 12.0 Å². The Balaban J connectivity index is 1.91. The molecule has 1 aromatic heterocycles. The highest BCUT2D eigenvalue weighted by atomic mass is 16.4. The lowest BCUT2D eigenvalue weighted by Crippen LogP contribution is -2.32. The van der Waals surface area contributed by atoms with Crippen molar-refractivity contribution in [3.8, 4) is 0 Å². The van der Waals surface area contributed by atoms with Crippen LogP contribution in [0.5, 0.6) is 0 Å². The first-order valence-corrected chi connectivity index (χ1v) is 12.0. The van der Waals surface area contributed by atoms with Gasteiger partial charge in [-0.3, -0.25) is 14.8 Å². The van der Waals surface area contributed by atoms with Crippen molar-refractivity contribution in [3.63, 3.8) is 0 Å². The van der Waals surface area contributed by atoms with Gasteiger partial charge in [-0.2, -0.15) is 0 Å². The molecule has 2 aromatic carbocycles. The molecule has 186 valence electrons. The quantitative estimate of drug-likeness (QED) is 0.332. The van der Waals surface area contributed by atoms with Crippen LogP contribution in [0.2, 0.25) is 0 Å². The van der Waals surface area contributed by atoms with Gasteiger partial charge in [-0.15, -0.1) is 0 Å². The number of benzene rings is 2. The third-order valence-corrected chi connectivity index (χ3v) is 5.56. The number of hydrogen-bond donors (Lipinski definition) is 3.